The molecule has 3 aromatic rings. The predicted octanol–water partition coefficient (Wildman–Crippen LogP) is 4.42. The van der Waals surface area contributed by atoms with Gasteiger partial charge < -0.3 is 14.8 Å². The number of hydrogen-bond donors (Lipinski definition) is 1. The molecule has 2 heterocycles. The van der Waals surface area contributed by atoms with Crippen molar-refractivity contribution in [3.63, 3.8) is 0 Å². The largest absolute Gasteiger partial charge is 0.493 e. The minimum absolute atomic E-state index is 0.106. The van der Waals surface area contributed by atoms with Gasteiger partial charge in [0, 0.05) is 18.0 Å². The molecule has 0 aliphatic heterocycles. The van der Waals surface area contributed by atoms with E-state index in [4.69, 9.17) is 14.5 Å². The van der Waals surface area contributed by atoms with Crippen molar-refractivity contribution in [2.45, 2.75) is 52.0 Å². The second-order valence-electron chi connectivity index (χ2n) is 7.65. The minimum atomic E-state index is 0.106. The quantitative estimate of drug-likeness (QED) is 0.577. The van der Waals surface area contributed by atoms with Gasteiger partial charge >= 0.3 is 0 Å². The first-order valence-electron chi connectivity index (χ1n) is 10.7. The summed E-state index contributed by atoms with van der Waals surface area (Å²) in [4.78, 5) is 20.4. The Balaban J connectivity index is 1.59. The molecule has 1 aromatic carbocycles. The van der Waals surface area contributed by atoms with Gasteiger partial charge in [-0.1, -0.05) is 13.0 Å². The van der Waals surface area contributed by atoms with Crippen molar-refractivity contribution >= 4 is 27.5 Å². The number of anilines is 1. The van der Waals surface area contributed by atoms with E-state index in [0.29, 0.717) is 19.0 Å². The van der Waals surface area contributed by atoms with Crippen LogP contribution in [0.25, 0.3) is 10.2 Å². The normalized spacial score (nSPS) is 13.3. The Bertz CT molecular complexity index is 1100. The first kappa shape index (κ1) is 20.7. The molecule has 1 aliphatic rings. The summed E-state index contributed by atoms with van der Waals surface area (Å²) in [6.45, 7) is 3.44. The summed E-state index contributed by atoms with van der Waals surface area (Å²) in [6, 6.07) is 5.94. The monoisotopic (exact) mass is 427 g/mol. The van der Waals surface area contributed by atoms with Gasteiger partial charge in [-0.25, -0.2) is 4.98 Å². The van der Waals surface area contributed by atoms with Gasteiger partial charge in [0.05, 0.1) is 19.6 Å². The zero-order valence-electron chi connectivity index (χ0n) is 17.9. The van der Waals surface area contributed by atoms with E-state index in [1.165, 1.54) is 16.9 Å². The zero-order chi connectivity index (χ0) is 21.1. The third kappa shape index (κ3) is 3.90. The predicted molar refractivity (Wildman–Crippen MR) is 123 cm³/mol. The van der Waals surface area contributed by atoms with Crippen LogP contribution in [0.15, 0.2) is 23.0 Å². The van der Waals surface area contributed by atoms with Gasteiger partial charge in [0.15, 0.2) is 11.5 Å². The molecule has 0 fully saturated rings. The molecule has 0 spiro atoms. The van der Waals surface area contributed by atoms with Gasteiger partial charge in [0.1, 0.15) is 4.83 Å². The Morgan fingerprint density at radius 2 is 1.97 bits per heavy atom. The lowest BCUT2D eigenvalue weighted by molar-refractivity contribution is 0.354. The molecule has 160 valence electrons. The molecule has 7 heteroatoms. The number of rotatable bonds is 8. The summed E-state index contributed by atoms with van der Waals surface area (Å²) >= 11 is 1.70. The first-order valence-corrected chi connectivity index (χ1v) is 11.5. The number of aryl methyl sites for hydroxylation is 2. The lowest BCUT2D eigenvalue weighted by Crippen LogP contribution is -2.26. The van der Waals surface area contributed by atoms with E-state index in [1.807, 2.05) is 22.8 Å². The van der Waals surface area contributed by atoms with Gasteiger partial charge in [-0.3, -0.25) is 9.36 Å². The molecule has 0 atom stereocenters. The van der Waals surface area contributed by atoms with E-state index < -0.39 is 0 Å². The van der Waals surface area contributed by atoms with Crippen molar-refractivity contribution in [2.24, 2.45) is 0 Å². The van der Waals surface area contributed by atoms with Gasteiger partial charge in [0.25, 0.3) is 5.56 Å². The van der Waals surface area contributed by atoms with Crippen LogP contribution in [0.1, 0.15) is 42.2 Å². The van der Waals surface area contributed by atoms with E-state index in [2.05, 4.69) is 12.2 Å². The summed E-state index contributed by atoms with van der Waals surface area (Å²) < 4.78 is 12.5. The highest BCUT2D eigenvalue weighted by Gasteiger charge is 2.21. The van der Waals surface area contributed by atoms with Gasteiger partial charge in [-0.15, -0.1) is 11.3 Å². The third-order valence-corrected chi connectivity index (χ3v) is 6.85. The average Bonchev–Trinajstić information content (AvgIpc) is 3.14. The highest BCUT2D eigenvalue weighted by molar-refractivity contribution is 7.18. The van der Waals surface area contributed by atoms with Crippen molar-refractivity contribution in [1.82, 2.24) is 9.55 Å². The van der Waals surface area contributed by atoms with Crippen LogP contribution in [0.2, 0.25) is 0 Å². The number of benzene rings is 1. The molecule has 1 N–H and O–H groups in total. The summed E-state index contributed by atoms with van der Waals surface area (Å²) in [7, 11) is 3.28. The molecule has 2 aromatic heterocycles. The molecule has 0 bridgehead atoms. The van der Waals surface area contributed by atoms with E-state index in [9.17, 15) is 4.79 Å². The Labute approximate surface area is 180 Å². The summed E-state index contributed by atoms with van der Waals surface area (Å²) in [5, 5.41) is 4.27. The standard InChI is InChI=1S/C23H29N3O3S/c1-4-13-26-22(27)20-16-7-5-6-8-19(16)30-21(20)25-23(26)24-12-11-15-9-10-17(28-2)18(14-15)29-3/h9-10,14H,4-8,11-13H2,1-3H3,(H,24,25). The SMILES string of the molecule is CCCn1c(NCCc2ccc(OC)c(OC)c2)nc2sc3c(c2c1=O)CCCC3. The fraction of sp³-hybridized carbons (Fsp3) is 0.478. The van der Waals surface area contributed by atoms with Gasteiger partial charge in [0.2, 0.25) is 5.95 Å². The molecule has 0 radical (unpaired) electrons. The molecule has 0 saturated heterocycles. The molecule has 0 amide bonds. The number of ether oxygens (including phenoxy) is 2. The van der Waals surface area contributed by atoms with Gasteiger partial charge in [-0.2, -0.15) is 0 Å². The van der Waals surface area contributed by atoms with Crippen molar-refractivity contribution in [2.75, 3.05) is 26.1 Å². The maximum Gasteiger partial charge on any atom is 0.263 e. The Morgan fingerprint density at radius 1 is 1.17 bits per heavy atom. The van der Waals surface area contributed by atoms with Crippen molar-refractivity contribution in [1.29, 1.82) is 0 Å². The highest BCUT2D eigenvalue weighted by Crippen LogP contribution is 2.34. The lowest BCUT2D eigenvalue weighted by Gasteiger charge is -2.15. The van der Waals surface area contributed by atoms with Crippen LogP contribution in [0.5, 0.6) is 11.5 Å². The number of hydrogen-bond acceptors (Lipinski definition) is 6. The number of fused-ring (bicyclic) bond motifs is 3. The molecule has 6 nitrogen and oxygen atoms in total. The third-order valence-electron chi connectivity index (χ3n) is 5.67. The number of aromatic nitrogens is 2. The van der Waals surface area contributed by atoms with Crippen LogP contribution >= 0.6 is 11.3 Å². The molecular weight excluding hydrogens is 398 g/mol. The fourth-order valence-electron chi connectivity index (χ4n) is 4.16. The van der Waals surface area contributed by atoms with E-state index in [-0.39, 0.29) is 5.56 Å². The minimum Gasteiger partial charge on any atom is -0.493 e. The maximum atomic E-state index is 13.3. The fourth-order valence-corrected chi connectivity index (χ4v) is 5.41. The topological polar surface area (TPSA) is 65.4 Å². The Morgan fingerprint density at radius 3 is 2.73 bits per heavy atom. The molecular formula is C23H29N3O3S. The molecule has 0 unspecified atom stereocenters. The Hall–Kier alpha value is -2.54. The van der Waals surface area contributed by atoms with Gasteiger partial charge in [-0.05, 0) is 61.8 Å². The lowest BCUT2D eigenvalue weighted by atomic mass is 9.97. The highest BCUT2D eigenvalue weighted by atomic mass is 32.1. The van der Waals surface area contributed by atoms with E-state index in [0.717, 1.165) is 59.4 Å². The van der Waals surface area contributed by atoms with Crippen LogP contribution < -0.4 is 20.3 Å². The summed E-state index contributed by atoms with van der Waals surface area (Å²) in [6.07, 6.45) is 6.14. The molecule has 4 rings (SSSR count). The summed E-state index contributed by atoms with van der Waals surface area (Å²) in [5.41, 5.74) is 2.49. The van der Waals surface area contributed by atoms with E-state index >= 15 is 0 Å². The first-order chi connectivity index (χ1) is 14.7. The molecule has 0 saturated carbocycles. The van der Waals surface area contributed by atoms with E-state index in [1.54, 1.807) is 25.6 Å². The average molecular weight is 428 g/mol. The number of methoxy groups -OCH3 is 2. The zero-order valence-corrected chi connectivity index (χ0v) is 18.7. The second-order valence-corrected chi connectivity index (χ2v) is 8.73. The van der Waals surface area contributed by atoms with Crippen LogP contribution in [0.3, 0.4) is 0 Å². The van der Waals surface area contributed by atoms with Crippen molar-refractivity contribution in [3.8, 4) is 11.5 Å². The maximum absolute atomic E-state index is 13.3. The van der Waals surface area contributed by atoms with Crippen LogP contribution in [-0.4, -0.2) is 30.3 Å². The van der Waals surface area contributed by atoms with Crippen molar-refractivity contribution in [3.05, 3.63) is 44.6 Å². The molecule has 30 heavy (non-hydrogen) atoms. The molecule has 1 aliphatic carbocycles. The van der Waals surface area contributed by atoms with Crippen LogP contribution in [-0.2, 0) is 25.8 Å². The second kappa shape index (κ2) is 9.08. The van der Waals surface area contributed by atoms with Crippen molar-refractivity contribution < 1.29 is 9.47 Å². The number of nitrogens with zero attached hydrogens (tertiary/aromatic N) is 2. The number of nitrogens with one attached hydrogen (secondary N) is 1. The summed E-state index contributed by atoms with van der Waals surface area (Å²) in [5.74, 6) is 2.12. The van der Waals surface area contributed by atoms with Crippen LogP contribution in [0, 0.1) is 0 Å². The smallest absolute Gasteiger partial charge is 0.263 e. The van der Waals surface area contributed by atoms with Crippen LogP contribution in [0.4, 0.5) is 5.95 Å². The number of thiophene rings is 1. The Kier molecular flexibility index (Phi) is 6.27.